The van der Waals surface area contributed by atoms with E-state index in [0.717, 1.165) is 0 Å². The van der Waals surface area contributed by atoms with Gasteiger partial charge in [-0.15, -0.1) is 0 Å². The molecule has 1 atom stereocenters. The number of nitrogens with one attached hydrogen (secondary N) is 1. The molecule has 15 heavy (non-hydrogen) atoms. The third-order valence-corrected chi connectivity index (χ3v) is 1.86. The van der Waals surface area contributed by atoms with E-state index >= 15 is 0 Å². The van der Waals surface area contributed by atoms with Crippen molar-refractivity contribution in [1.82, 2.24) is 5.32 Å². The Bertz CT molecular complexity index is 263. The first-order valence-corrected chi connectivity index (χ1v) is 4.65. The second-order valence-corrected chi connectivity index (χ2v) is 3.59. The fourth-order valence-electron chi connectivity index (χ4n) is 1.03. The smallest absolute Gasteiger partial charge is 0.303 e. The molecule has 0 aliphatic rings. The Morgan fingerprint density at radius 3 is 2.13 bits per heavy atom. The number of carbonyl (C=O) groups excluding carboxylic acids is 2. The van der Waals surface area contributed by atoms with Gasteiger partial charge in [0.15, 0.2) is 0 Å². The molecule has 0 aromatic heterocycles. The molecule has 0 bridgehead atoms. The number of hydrogen-bond acceptors (Lipinski definition) is 3. The van der Waals surface area contributed by atoms with Crippen molar-refractivity contribution in [3.63, 3.8) is 0 Å². The minimum Gasteiger partial charge on any atom is -0.481 e. The summed E-state index contributed by atoms with van der Waals surface area (Å²) in [6.07, 6.45) is -0.402. The van der Waals surface area contributed by atoms with Crippen LogP contribution in [-0.4, -0.2) is 28.9 Å². The largest absolute Gasteiger partial charge is 0.481 e. The summed E-state index contributed by atoms with van der Waals surface area (Å²) < 4.78 is 0. The predicted octanol–water partition coefficient (Wildman–Crippen LogP) is -0.523. The Morgan fingerprint density at radius 1 is 1.27 bits per heavy atom. The average molecular weight is 216 g/mol. The van der Waals surface area contributed by atoms with Gasteiger partial charge in [-0.1, -0.05) is 13.8 Å². The summed E-state index contributed by atoms with van der Waals surface area (Å²) in [5, 5.41) is 10.7. The number of carboxylic acid groups (broad SMARTS) is 1. The zero-order valence-electron chi connectivity index (χ0n) is 8.82. The highest BCUT2D eigenvalue weighted by Crippen LogP contribution is 2.01. The highest BCUT2D eigenvalue weighted by Gasteiger charge is 2.21. The Hall–Kier alpha value is -1.59. The van der Waals surface area contributed by atoms with Gasteiger partial charge in [0.05, 0.1) is 6.42 Å². The van der Waals surface area contributed by atoms with Crippen molar-refractivity contribution in [3.8, 4) is 0 Å². The molecule has 0 fully saturated rings. The van der Waals surface area contributed by atoms with Crippen LogP contribution in [0.3, 0.4) is 0 Å². The lowest BCUT2D eigenvalue weighted by Crippen LogP contribution is -2.47. The molecule has 0 spiro atoms. The lowest BCUT2D eigenvalue weighted by atomic mass is 10.0. The third kappa shape index (κ3) is 5.66. The Morgan fingerprint density at radius 2 is 1.80 bits per heavy atom. The number of nitrogens with two attached hydrogens (primary N) is 1. The topological polar surface area (TPSA) is 109 Å². The molecule has 0 saturated heterocycles. The number of amides is 2. The summed E-state index contributed by atoms with van der Waals surface area (Å²) in [4.78, 5) is 32.3. The standard InChI is InChI=1S/C9H16N2O4/c1-5(2)8(9(10)15)11-6(12)3-4-7(13)14/h5,8H,3-4H2,1-2H3,(H2,10,15)(H,11,12)(H,13,14). The summed E-state index contributed by atoms with van der Waals surface area (Å²) in [6.45, 7) is 3.49. The van der Waals surface area contributed by atoms with E-state index in [2.05, 4.69) is 5.32 Å². The van der Waals surface area contributed by atoms with Gasteiger partial charge in [0, 0.05) is 6.42 Å². The van der Waals surface area contributed by atoms with Crippen molar-refractivity contribution in [2.75, 3.05) is 0 Å². The summed E-state index contributed by atoms with van der Waals surface area (Å²) >= 11 is 0. The molecule has 0 aliphatic heterocycles. The van der Waals surface area contributed by atoms with Crippen LogP contribution in [0, 0.1) is 5.92 Å². The summed E-state index contributed by atoms with van der Waals surface area (Å²) in [5.74, 6) is -2.26. The van der Waals surface area contributed by atoms with E-state index in [9.17, 15) is 14.4 Å². The number of primary amides is 1. The Balaban J connectivity index is 4.12. The second-order valence-electron chi connectivity index (χ2n) is 3.59. The molecule has 0 saturated carbocycles. The van der Waals surface area contributed by atoms with E-state index < -0.39 is 23.8 Å². The van der Waals surface area contributed by atoms with E-state index in [1.165, 1.54) is 0 Å². The zero-order valence-corrected chi connectivity index (χ0v) is 8.82. The van der Waals surface area contributed by atoms with Gasteiger partial charge < -0.3 is 16.2 Å². The Labute approximate surface area is 87.8 Å². The molecule has 0 rings (SSSR count). The molecule has 0 aromatic rings. The van der Waals surface area contributed by atoms with Crippen LogP contribution in [0.2, 0.25) is 0 Å². The first-order chi connectivity index (χ1) is 6.84. The lowest BCUT2D eigenvalue weighted by Gasteiger charge is -2.18. The molecule has 0 aromatic carbocycles. The molecule has 0 heterocycles. The van der Waals surface area contributed by atoms with E-state index in [-0.39, 0.29) is 18.8 Å². The van der Waals surface area contributed by atoms with Crippen molar-refractivity contribution < 1.29 is 19.5 Å². The molecule has 6 heteroatoms. The fraction of sp³-hybridized carbons (Fsp3) is 0.667. The molecule has 2 amide bonds. The maximum Gasteiger partial charge on any atom is 0.303 e. The van der Waals surface area contributed by atoms with E-state index in [0.29, 0.717) is 0 Å². The number of rotatable bonds is 6. The van der Waals surface area contributed by atoms with Gasteiger partial charge in [0.25, 0.3) is 0 Å². The molecular formula is C9H16N2O4. The van der Waals surface area contributed by atoms with Crippen molar-refractivity contribution in [1.29, 1.82) is 0 Å². The molecule has 1 unspecified atom stereocenters. The van der Waals surface area contributed by atoms with Gasteiger partial charge in [0.2, 0.25) is 11.8 Å². The maximum atomic E-state index is 11.2. The first kappa shape index (κ1) is 13.4. The monoisotopic (exact) mass is 216 g/mol. The van der Waals surface area contributed by atoms with Crippen LogP contribution in [-0.2, 0) is 14.4 Å². The van der Waals surface area contributed by atoms with Crippen LogP contribution >= 0.6 is 0 Å². The van der Waals surface area contributed by atoms with Gasteiger partial charge in [-0.25, -0.2) is 0 Å². The average Bonchev–Trinajstić information content (AvgIpc) is 2.09. The van der Waals surface area contributed by atoms with E-state index in [4.69, 9.17) is 10.8 Å². The third-order valence-electron chi connectivity index (χ3n) is 1.86. The van der Waals surface area contributed by atoms with Gasteiger partial charge >= 0.3 is 5.97 Å². The first-order valence-electron chi connectivity index (χ1n) is 4.65. The molecular weight excluding hydrogens is 200 g/mol. The highest BCUT2D eigenvalue weighted by atomic mass is 16.4. The van der Waals surface area contributed by atoms with Crippen LogP contribution in [0.4, 0.5) is 0 Å². The number of carboxylic acids is 1. The number of aliphatic carboxylic acids is 1. The van der Waals surface area contributed by atoms with Gasteiger partial charge in [-0.3, -0.25) is 14.4 Å². The number of carbonyl (C=O) groups is 3. The van der Waals surface area contributed by atoms with Crippen molar-refractivity contribution in [2.45, 2.75) is 32.7 Å². The summed E-state index contributed by atoms with van der Waals surface area (Å²) in [5.41, 5.74) is 5.07. The molecule has 6 nitrogen and oxygen atoms in total. The van der Waals surface area contributed by atoms with Gasteiger partial charge in [-0.2, -0.15) is 0 Å². The minimum absolute atomic E-state index is 0.115. The van der Waals surface area contributed by atoms with Crippen LogP contribution in [0.1, 0.15) is 26.7 Å². The predicted molar refractivity (Wildman–Crippen MR) is 52.8 cm³/mol. The highest BCUT2D eigenvalue weighted by molar-refractivity contribution is 5.87. The molecule has 4 N–H and O–H groups in total. The molecule has 0 aliphatic carbocycles. The van der Waals surface area contributed by atoms with Crippen LogP contribution < -0.4 is 11.1 Å². The van der Waals surface area contributed by atoms with Crippen LogP contribution in [0.25, 0.3) is 0 Å². The Kier molecular flexibility index (Phi) is 5.36. The normalized spacial score (nSPS) is 12.2. The van der Waals surface area contributed by atoms with Crippen molar-refractivity contribution >= 4 is 17.8 Å². The van der Waals surface area contributed by atoms with Gasteiger partial charge in [0.1, 0.15) is 6.04 Å². The maximum absolute atomic E-state index is 11.2. The fourth-order valence-corrected chi connectivity index (χ4v) is 1.03. The SMILES string of the molecule is CC(C)C(NC(=O)CCC(=O)O)C(N)=O. The zero-order chi connectivity index (χ0) is 12.0. The number of hydrogen-bond donors (Lipinski definition) is 3. The van der Waals surface area contributed by atoms with Crippen molar-refractivity contribution in [3.05, 3.63) is 0 Å². The molecule has 0 radical (unpaired) electrons. The van der Waals surface area contributed by atoms with E-state index in [1.807, 2.05) is 0 Å². The quantitative estimate of drug-likeness (QED) is 0.554. The summed E-state index contributed by atoms with van der Waals surface area (Å²) in [7, 11) is 0. The van der Waals surface area contributed by atoms with E-state index in [1.54, 1.807) is 13.8 Å². The molecule has 86 valence electrons. The van der Waals surface area contributed by atoms with Crippen LogP contribution in [0.5, 0.6) is 0 Å². The van der Waals surface area contributed by atoms with Crippen molar-refractivity contribution in [2.24, 2.45) is 11.7 Å². The minimum atomic E-state index is -1.05. The second kappa shape index (κ2) is 6.00. The van der Waals surface area contributed by atoms with Gasteiger partial charge in [-0.05, 0) is 5.92 Å². The lowest BCUT2D eigenvalue weighted by molar-refractivity contribution is -0.139. The van der Waals surface area contributed by atoms with Crippen LogP contribution in [0.15, 0.2) is 0 Å². The summed E-state index contributed by atoms with van der Waals surface area (Å²) in [6, 6.07) is -0.744.